The van der Waals surface area contributed by atoms with Gasteiger partial charge in [0.05, 0.1) is 26.2 Å². The van der Waals surface area contributed by atoms with Crippen LogP contribution in [0.2, 0.25) is 0 Å². The van der Waals surface area contributed by atoms with Crippen LogP contribution in [-0.2, 0) is 20.9 Å². The van der Waals surface area contributed by atoms with E-state index in [9.17, 15) is 4.79 Å². The van der Waals surface area contributed by atoms with E-state index in [1.807, 2.05) is 24.3 Å². The second-order valence-electron chi connectivity index (χ2n) is 4.94. The average Bonchev–Trinajstić information content (AvgIpc) is 2.46. The average molecular weight is 279 g/mol. The van der Waals surface area contributed by atoms with Gasteiger partial charge in [0.1, 0.15) is 0 Å². The SMILES string of the molecule is COCc1cccc(C(CC(=O)O)N2CCOCC2)c1. The van der Waals surface area contributed by atoms with Crippen LogP contribution in [0.5, 0.6) is 0 Å². The summed E-state index contributed by atoms with van der Waals surface area (Å²) >= 11 is 0. The Morgan fingerprint density at radius 3 is 2.85 bits per heavy atom. The summed E-state index contributed by atoms with van der Waals surface area (Å²) in [5.74, 6) is -0.779. The van der Waals surface area contributed by atoms with Gasteiger partial charge >= 0.3 is 5.97 Å². The molecular weight excluding hydrogens is 258 g/mol. The molecule has 0 spiro atoms. The van der Waals surface area contributed by atoms with E-state index in [1.165, 1.54) is 0 Å². The van der Waals surface area contributed by atoms with Crippen LogP contribution in [0.15, 0.2) is 24.3 Å². The number of morpholine rings is 1. The predicted molar refractivity (Wildman–Crippen MR) is 74.5 cm³/mol. The Balaban J connectivity index is 2.20. The second kappa shape index (κ2) is 7.38. The first kappa shape index (κ1) is 15.0. The van der Waals surface area contributed by atoms with Gasteiger partial charge in [-0.1, -0.05) is 24.3 Å². The Labute approximate surface area is 119 Å². The molecule has 1 fully saturated rings. The molecule has 1 atom stereocenters. The number of carbonyl (C=O) groups is 1. The maximum Gasteiger partial charge on any atom is 0.305 e. The summed E-state index contributed by atoms with van der Waals surface area (Å²) in [4.78, 5) is 13.3. The number of benzene rings is 1. The van der Waals surface area contributed by atoms with E-state index in [2.05, 4.69) is 4.90 Å². The Morgan fingerprint density at radius 2 is 2.20 bits per heavy atom. The predicted octanol–water partition coefficient (Wildman–Crippen LogP) is 1.68. The van der Waals surface area contributed by atoms with E-state index in [0.29, 0.717) is 19.8 Å². The van der Waals surface area contributed by atoms with Crippen molar-refractivity contribution in [2.45, 2.75) is 19.1 Å². The Hall–Kier alpha value is -1.43. The Bertz CT molecular complexity index is 443. The maximum absolute atomic E-state index is 11.2. The highest BCUT2D eigenvalue weighted by molar-refractivity contribution is 5.68. The largest absolute Gasteiger partial charge is 0.481 e. The van der Waals surface area contributed by atoms with Gasteiger partial charge in [-0.2, -0.15) is 0 Å². The normalized spacial score (nSPS) is 17.9. The Kier molecular flexibility index (Phi) is 5.52. The van der Waals surface area contributed by atoms with E-state index < -0.39 is 5.97 Å². The van der Waals surface area contributed by atoms with Crippen LogP contribution in [-0.4, -0.2) is 49.4 Å². The van der Waals surface area contributed by atoms with Gasteiger partial charge in [0.25, 0.3) is 0 Å². The molecule has 1 aromatic rings. The third-order valence-electron chi connectivity index (χ3n) is 3.50. The summed E-state index contributed by atoms with van der Waals surface area (Å²) in [7, 11) is 1.66. The molecule has 0 aromatic heterocycles. The summed E-state index contributed by atoms with van der Waals surface area (Å²) < 4.78 is 10.5. The van der Waals surface area contributed by atoms with Crippen molar-refractivity contribution in [1.82, 2.24) is 4.90 Å². The first-order valence-corrected chi connectivity index (χ1v) is 6.82. The molecule has 5 heteroatoms. The van der Waals surface area contributed by atoms with E-state index >= 15 is 0 Å². The number of carboxylic acids is 1. The molecule has 1 unspecified atom stereocenters. The molecule has 110 valence electrons. The van der Waals surface area contributed by atoms with Crippen molar-refractivity contribution in [3.8, 4) is 0 Å². The first-order valence-electron chi connectivity index (χ1n) is 6.82. The number of ether oxygens (including phenoxy) is 2. The molecule has 0 bridgehead atoms. The minimum absolute atomic E-state index is 0.104. The molecule has 0 radical (unpaired) electrons. The fraction of sp³-hybridized carbons (Fsp3) is 0.533. The molecule has 1 saturated heterocycles. The summed E-state index contributed by atoms with van der Waals surface area (Å²) in [6.45, 7) is 3.40. The summed E-state index contributed by atoms with van der Waals surface area (Å²) in [6, 6.07) is 7.87. The van der Waals surface area contributed by atoms with Gasteiger partial charge in [-0.3, -0.25) is 9.69 Å². The molecule has 1 aliphatic heterocycles. The molecule has 0 aliphatic carbocycles. The second-order valence-corrected chi connectivity index (χ2v) is 4.94. The van der Waals surface area contributed by atoms with Crippen LogP contribution in [0.4, 0.5) is 0 Å². The van der Waals surface area contributed by atoms with Crippen LogP contribution in [0.1, 0.15) is 23.6 Å². The van der Waals surface area contributed by atoms with Crippen molar-refractivity contribution in [2.24, 2.45) is 0 Å². The topological polar surface area (TPSA) is 59.0 Å². The molecule has 1 heterocycles. The van der Waals surface area contributed by atoms with E-state index in [0.717, 1.165) is 24.2 Å². The molecule has 0 amide bonds. The van der Waals surface area contributed by atoms with Crippen LogP contribution >= 0.6 is 0 Å². The third kappa shape index (κ3) is 4.03. The fourth-order valence-electron chi connectivity index (χ4n) is 2.57. The standard InChI is InChI=1S/C15H21NO4/c1-19-11-12-3-2-4-13(9-12)14(10-15(17)18)16-5-7-20-8-6-16/h2-4,9,14H,5-8,10-11H2,1H3,(H,17,18). The van der Waals surface area contributed by atoms with Crippen molar-refractivity contribution in [3.63, 3.8) is 0 Å². The molecule has 5 nitrogen and oxygen atoms in total. The van der Waals surface area contributed by atoms with Gasteiger partial charge in [-0.05, 0) is 11.1 Å². The minimum Gasteiger partial charge on any atom is -0.481 e. The number of aliphatic carboxylic acids is 1. The highest BCUT2D eigenvalue weighted by Gasteiger charge is 2.25. The Morgan fingerprint density at radius 1 is 1.45 bits per heavy atom. The molecule has 1 N–H and O–H groups in total. The lowest BCUT2D eigenvalue weighted by Gasteiger charge is -2.34. The van der Waals surface area contributed by atoms with Gasteiger partial charge in [-0.25, -0.2) is 0 Å². The summed E-state index contributed by atoms with van der Waals surface area (Å²) in [5.41, 5.74) is 2.09. The maximum atomic E-state index is 11.2. The lowest BCUT2D eigenvalue weighted by molar-refractivity contribution is -0.139. The smallest absolute Gasteiger partial charge is 0.305 e. The highest BCUT2D eigenvalue weighted by atomic mass is 16.5. The fourth-order valence-corrected chi connectivity index (χ4v) is 2.57. The zero-order valence-electron chi connectivity index (χ0n) is 11.7. The monoisotopic (exact) mass is 279 g/mol. The third-order valence-corrected chi connectivity index (χ3v) is 3.50. The van der Waals surface area contributed by atoms with Crippen molar-refractivity contribution in [2.75, 3.05) is 33.4 Å². The summed E-state index contributed by atoms with van der Waals surface area (Å²) in [5, 5.41) is 9.17. The van der Waals surface area contributed by atoms with Crippen LogP contribution in [0, 0.1) is 0 Å². The number of methoxy groups -OCH3 is 1. The van der Waals surface area contributed by atoms with Crippen molar-refractivity contribution < 1.29 is 19.4 Å². The number of hydrogen-bond donors (Lipinski definition) is 1. The van der Waals surface area contributed by atoms with Gasteiger partial charge in [0.15, 0.2) is 0 Å². The summed E-state index contributed by atoms with van der Waals surface area (Å²) in [6.07, 6.45) is 0.108. The molecule has 2 rings (SSSR count). The zero-order valence-corrected chi connectivity index (χ0v) is 11.7. The minimum atomic E-state index is -0.779. The van der Waals surface area contributed by atoms with Gasteiger partial charge < -0.3 is 14.6 Å². The molecule has 1 aliphatic rings. The lowest BCUT2D eigenvalue weighted by Crippen LogP contribution is -2.39. The van der Waals surface area contributed by atoms with Crippen molar-refractivity contribution in [1.29, 1.82) is 0 Å². The number of nitrogens with zero attached hydrogens (tertiary/aromatic N) is 1. The van der Waals surface area contributed by atoms with Gasteiger partial charge in [0, 0.05) is 26.2 Å². The molecule has 1 aromatic carbocycles. The molecular formula is C15H21NO4. The molecule has 0 saturated carbocycles. The lowest BCUT2D eigenvalue weighted by atomic mass is 9.99. The van der Waals surface area contributed by atoms with Crippen molar-refractivity contribution >= 4 is 5.97 Å². The number of hydrogen-bond acceptors (Lipinski definition) is 4. The zero-order chi connectivity index (χ0) is 14.4. The van der Waals surface area contributed by atoms with E-state index in [1.54, 1.807) is 7.11 Å². The van der Waals surface area contributed by atoms with E-state index in [-0.39, 0.29) is 12.5 Å². The van der Waals surface area contributed by atoms with Crippen LogP contribution in [0.3, 0.4) is 0 Å². The van der Waals surface area contributed by atoms with Crippen LogP contribution < -0.4 is 0 Å². The van der Waals surface area contributed by atoms with Crippen molar-refractivity contribution in [3.05, 3.63) is 35.4 Å². The molecule has 20 heavy (non-hydrogen) atoms. The quantitative estimate of drug-likeness (QED) is 0.858. The van der Waals surface area contributed by atoms with Crippen LogP contribution in [0.25, 0.3) is 0 Å². The van der Waals surface area contributed by atoms with E-state index in [4.69, 9.17) is 14.6 Å². The van der Waals surface area contributed by atoms with Gasteiger partial charge in [0.2, 0.25) is 0 Å². The number of rotatable bonds is 6. The van der Waals surface area contributed by atoms with Gasteiger partial charge in [-0.15, -0.1) is 0 Å². The first-order chi connectivity index (χ1) is 9.70. The highest BCUT2D eigenvalue weighted by Crippen LogP contribution is 2.26. The number of carboxylic acid groups (broad SMARTS) is 1.